The number of sulfonamides is 1. The van der Waals surface area contributed by atoms with Crippen molar-refractivity contribution >= 4 is 15.7 Å². The maximum atomic E-state index is 12.3. The van der Waals surface area contributed by atoms with Gasteiger partial charge in [-0.25, -0.2) is 13.6 Å². The molecule has 8 heteroatoms. The molecule has 4 nitrogen and oxygen atoms in total. The molecule has 1 aromatic rings. The number of nitrogen functional groups attached to an aromatic ring is 1. The minimum Gasteiger partial charge on any atom is -0.399 e. The summed E-state index contributed by atoms with van der Waals surface area (Å²) in [6.45, 7) is 0. The van der Waals surface area contributed by atoms with Crippen LogP contribution >= 0.6 is 0 Å². The van der Waals surface area contributed by atoms with Crippen LogP contribution in [0.1, 0.15) is 5.56 Å². The van der Waals surface area contributed by atoms with Gasteiger partial charge >= 0.3 is 6.18 Å². The zero-order valence-corrected chi connectivity index (χ0v) is 8.06. The maximum Gasteiger partial charge on any atom is 0.417 e. The topological polar surface area (TPSA) is 86.2 Å². The molecular formula is C7H7F3N2O2S. The van der Waals surface area contributed by atoms with Crippen molar-refractivity contribution in [3.8, 4) is 0 Å². The first kappa shape index (κ1) is 11.8. The fourth-order valence-corrected chi connectivity index (χ4v) is 1.80. The van der Waals surface area contributed by atoms with Crippen LogP contribution in [0.25, 0.3) is 0 Å². The van der Waals surface area contributed by atoms with E-state index >= 15 is 0 Å². The average Bonchev–Trinajstić information content (AvgIpc) is 2.00. The van der Waals surface area contributed by atoms with E-state index in [-0.39, 0.29) is 5.69 Å². The molecule has 0 unspecified atom stereocenters. The first-order valence-corrected chi connectivity index (χ1v) is 5.16. The molecule has 15 heavy (non-hydrogen) atoms. The Morgan fingerprint density at radius 2 is 1.73 bits per heavy atom. The Kier molecular flexibility index (Phi) is 2.66. The van der Waals surface area contributed by atoms with Crippen molar-refractivity contribution in [3.63, 3.8) is 0 Å². The molecule has 0 saturated heterocycles. The van der Waals surface area contributed by atoms with E-state index in [1.807, 2.05) is 0 Å². The van der Waals surface area contributed by atoms with E-state index in [0.29, 0.717) is 12.1 Å². The minimum atomic E-state index is -4.78. The quantitative estimate of drug-likeness (QED) is 0.716. The summed E-state index contributed by atoms with van der Waals surface area (Å²) < 4.78 is 58.8. The Morgan fingerprint density at radius 3 is 2.13 bits per heavy atom. The van der Waals surface area contributed by atoms with Gasteiger partial charge in [-0.05, 0) is 18.2 Å². The van der Waals surface area contributed by atoms with Gasteiger partial charge in [0.05, 0.1) is 10.5 Å². The van der Waals surface area contributed by atoms with Gasteiger partial charge in [0.1, 0.15) is 0 Å². The molecule has 0 spiro atoms. The molecule has 1 aromatic carbocycles. The van der Waals surface area contributed by atoms with E-state index in [4.69, 9.17) is 5.73 Å². The lowest BCUT2D eigenvalue weighted by Gasteiger charge is -2.11. The van der Waals surface area contributed by atoms with Crippen LogP contribution in [-0.2, 0) is 16.2 Å². The van der Waals surface area contributed by atoms with Gasteiger partial charge in [-0.2, -0.15) is 13.2 Å². The summed E-state index contributed by atoms with van der Waals surface area (Å²) in [5.74, 6) is 0. The summed E-state index contributed by atoms with van der Waals surface area (Å²) in [7, 11) is -4.44. The van der Waals surface area contributed by atoms with Crippen molar-refractivity contribution in [2.45, 2.75) is 11.1 Å². The molecule has 84 valence electrons. The number of rotatable bonds is 1. The standard InChI is InChI=1S/C7H7F3N2O2S/c8-7(9,10)5-2-1-4(11)3-6(5)15(12,13)14/h1-3H,11H2,(H2,12,13,14). The summed E-state index contributed by atoms with van der Waals surface area (Å²) in [6.07, 6.45) is -4.78. The molecule has 0 aliphatic rings. The van der Waals surface area contributed by atoms with Crippen molar-refractivity contribution in [3.05, 3.63) is 23.8 Å². The van der Waals surface area contributed by atoms with Crippen LogP contribution in [0.5, 0.6) is 0 Å². The van der Waals surface area contributed by atoms with Gasteiger partial charge in [0, 0.05) is 5.69 Å². The third-order valence-electron chi connectivity index (χ3n) is 1.62. The fourth-order valence-electron chi connectivity index (χ4n) is 1.01. The number of hydrogen-bond donors (Lipinski definition) is 2. The average molecular weight is 240 g/mol. The largest absolute Gasteiger partial charge is 0.417 e. The van der Waals surface area contributed by atoms with Gasteiger partial charge in [0.2, 0.25) is 10.0 Å². The van der Waals surface area contributed by atoms with E-state index in [9.17, 15) is 21.6 Å². The lowest BCUT2D eigenvalue weighted by atomic mass is 10.2. The second-order valence-electron chi connectivity index (χ2n) is 2.80. The normalized spacial score (nSPS) is 12.8. The highest BCUT2D eigenvalue weighted by molar-refractivity contribution is 7.89. The second kappa shape index (κ2) is 3.38. The van der Waals surface area contributed by atoms with Gasteiger partial charge in [-0.15, -0.1) is 0 Å². The van der Waals surface area contributed by atoms with Crippen LogP contribution in [0, 0.1) is 0 Å². The summed E-state index contributed by atoms with van der Waals surface area (Å²) in [6, 6.07) is 2.21. The Bertz CT molecular complexity index is 481. The number of primary sulfonamides is 1. The van der Waals surface area contributed by atoms with Crippen LogP contribution < -0.4 is 10.9 Å². The zero-order valence-electron chi connectivity index (χ0n) is 7.25. The molecule has 1 rings (SSSR count). The van der Waals surface area contributed by atoms with Crippen LogP contribution in [-0.4, -0.2) is 8.42 Å². The molecule has 0 aliphatic carbocycles. The van der Waals surface area contributed by atoms with Crippen LogP contribution in [0.4, 0.5) is 18.9 Å². The van der Waals surface area contributed by atoms with Crippen molar-refractivity contribution in [2.75, 3.05) is 5.73 Å². The van der Waals surface area contributed by atoms with E-state index in [0.717, 1.165) is 6.07 Å². The van der Waals surface area contributed by atoms with E-state index in [2.05, 4.69) is 5.14 Å². The molecule has 4 N–H and O–H groups in total. The highest BCUT2D eigenvalue weighted by Gasteiger charge is 2.36. The Morgan fingerprint density at radius 1 is 1.20 bits per heavy atom. The number of benzene rings is 1. The zero-order chi connectivity index (χ0) is 11.9. The van der Waals surface area contributed by atoms with Gasteiger partial charge in [-0.1, -0.05) is 0 Å². The van der Waals surface area contributed by atoms with Crippen LogP contribution in [0.15, 0.2) is 23.1 Å². The van der Waals surface area contributed by atoms with Crippen molar-refractivity contribution in [2.24, 2.45) is 5.14 Å². The second-order valence-corrected chi connectivity index (χ2v) is 4.33. The summed E-state index contributed by atoms with van der Waals surface area (Å²) in [5.41, 5.74) is 3.76. The highest BCUT2D eigenvalue weighted by atomic mass is 32.2. The Hall–Kier alpha value is -1.28. The number of halogens is 3. The number of alkyl halides is 3. The highest BCUT2D eigenvalue weighted by Crippen LogP contribution is 2.34. The Labute approximate surface area is 83.7 Å². The third kappa shape index (κ3) is 2.60. The molecular weight excluding hydrogens is 233 g/mol. The SMILES string of the molecule is Nc1ccc(C(F)(F)F)c(S(N)(=O)=O)c1. The predicted octanol–water partition coefficient (Wildman–Crippen LogP) is 0.935. The molecule has 0 atom stereocenters. The fraction of sp³-hybridized carbons (Fsp3) is 0.143. The van der Waals surface area contributed by atoms with E-state index in [1.54, 1.807) is 0 Å². The van der Waals surface area contributed by atoms with Crippen molar-refractivity contribution in [1.29, 1.82) is 0 Å². The monoisotopic (exact) mass is 240 g/mol. The minimum absolute atomic E-state index is 0.105. The third-order valence-corrected chi connectivity index (χ3v) is 2.57. The lowest BCUT2D eigenvalue weighted by Crippen LogP contribution is -2.19. The molecule has 0 radical (unpaired) electrons. The Balaban J connectivity index is 3.55. The molecule has 0 amide bonds. The predicted molar refractivity (Wildman–Crippen MR) is 47.2 cm³/mol. The van der Waals surface area contributed by atoms with E-state index in [1.165, 1.54) is 0 Å². The lowest BCUT2D eigenvalue weighted by molar-refractivity contribution is -0.139. The molecule has 0 aromatic heterocycles. The number of nitrogens with two attached hydrogens (primary N) is 2. The summed E-state index contributed by atoms with van der Waals surface area (Å²) >= 11 is 0. The number of hydrogen-bond acceptors (Lipinski definition) is 3. The summed E-state index contributed by atoms with van der Waals surface area (Å²) in [5, 5.41) is 4.64. The van der Waals surface area contributed by atoms with Crippen LogP contribution in [0.3, 0.4) is 0 Å². The smallest absolute Gasteiger partial charge is 0.399 e. The van der Waals surface area contributed by atoms with Gasteiger partial charge < -0.3 is 5.73 Å². The molecule has 0 aliphatic heterocycles. The van der Waals surface area contributed by atoms with Gasteiger partial charge in [-0.3, -0.25) is 0 Å². The maximum absolute atomic E-state index is 12.3. The molecule has 0 saturated carbocycles. The first-order chi connectivity index (χ1) is 6.62. The number of anilines is 1. The first-order valence-electron chi connectivity index (χ1n) is 3.62. The van der Waals surface area contributed by atoms with Gasteiger partial charge in [0.15, 0.2) is 0 Å². The molecule has 0 bridgehead atoms. The molecule has 0 heterocycles. The van der Waals surface area contributed by atoms with E-state index < -0.39 is 26.7 Å². The van der Waals surface area contributed by atoms with Crippen molar-refractivity contribution < 1.29 is 21.6 Å². The van der Waals surface area contributed by atoms with Gasteiger partial charge in [0.25, 0.3) is 0 Å². The molecule has 0 fully saturated rings. The van der Waals surface area contributed by atoms with Crippen molar-refractivity contribution in [1.82, 2.24) is 0 Å². The summed E-state index contributed by atoms with van der Waals surface area (Å²) in [4.78, 5) is -1.02. The van der Waals surface area contributed by atoms with Crippen LogP contribution in [0.2, 0.25) is 0 Å².